The highest BCUT2D eigenvalue weighted by Crippen LogP contribution is 2.21. The summed E-state index contributed by atoms with van der Waals surface area (Å²) in [5, 5.41) is 12.7. The summed E-state index contributed by atoms with van der Waals surface area (Å²) in [6.45, 7) is 1.68. The zero-order valence-electron chi connectivity index (χ0n) is 10.9. The molecule has 0 aliphatic rings. The molecule has 0 bridgehead atoms. The SMILES string of the molecule is Cc1ccc(F)c(C(=O)Nc2ccc([N+](=O)[O-])cc2F)c1. The number of halogens is 2. The van der Waals surface area contributed by atoms with Gasteiger partial charge in [0.1, 0.15) is 5.82 Å². The van der Waals surface area contributed by atoms with Crippen LogP contribution in [0, 0.1) is 28.7 Å². The summed E-state index contributed by atoms with van der Waals surface area (Å²) in [5.41, 5.74) is -0.253. The number of nitrogens with one attached hydrogen (secondary N) is 1. The molecule has 0 fully saturated rings. The minimum Gasteiger partial charge on any atom is -0.319 e. The first-order valence-electron chi connectivity index (χ1n) is 5.90. The maximum Gasteiger partial charge on any atom is 0.272 e. The highest BCUT2D eigenvalue weighted by atomic mass is 19.1. The summed E-state index contributed by atoms with van der Waals surface area (Å²) in [4.78, 5) is 21.6. The Balaban J connectivity index is 2.27. The lowest BCUT2D eigenvalue weighted by Gasteiger charge is -2.07. The Morgan fingerprint density at radius 2 is 1.86 bits per heavy atom. The summed E-state index contributed by atoms with van der Waals surface area (Å²) >= 11 is 0. The first kappa shape index (κ1) is 14.6. The van der Waals surface area contributed by atoms with E-state index in [1.165, 1.54) is 12.1 Å². The first-order chi connectivity index (χ1) is 9.88. The zero-order chi connectivity index (χ0) is 15.6. The second-order valence-corrected chi connectivity index (χ2v) is 4.36. The molecule has 0 aliphatic heterocycles. The van der Waals surface area contributed by atoms with E-state index in [1.54, 1.807) is 6.92 Å². The largest absolute Gasteiger partial charge is 0.319 e. The Labute approximate surface area is 118 Å². The van der Waals surface area contributed by atoms with Crippen molar-refractivity contribution in [3.05, 3.63) is 69.3 Å². The Morgan fingerprint density at radius 3 is 2.48 bits per heavy atom. The predicted molar refractivity (Wildman–Crippen MR) is 72.1 cm³/mol. The number of hydrogen-bond acceptors (Lipinski definition) is 3. The molecule has 0 heterocycles. The van der Waals surface area contributed by atoms with Gasteiger partial charge in [0.25, 0.3) is 11.6 Å². The van der Waals surface area contributed by atoms with Gasteiger partial charge in [0, 0.05) is 6.07 Å². The van der Waals surface area contributed by atoms with Crippen molar-refractivity contribution in [2.45, 2.75) is 6.92 Å². The lowest BCUT2D eigenvalue weighted by atomic mass is 10.1. The van der Waals surface area contributed by atoms with Gasteiger partial charge in [-0.25, -0.2) is 8.78 Å². The number of amides is 1. The summed E-state index contributed by atoms with van der Waals surface area (Å²) in [6, 6.07) is 6.75. The normalized spacial score (nSPS) is 10.2. The molecule has 0 aliphatic carbocycles. The molecule has 0 aromatic heterocycles. The number of carbonyl (C=O) groups excluding carboxylic acids is 1. The molecule has 7 heteroatoms. The Kier molecular flexibility index (Phi) is 3.93. The van der Waals surface area contributed by atoms with Gasteiger partial charge in [0.05, 0.1) is 22.2 Å². The lowest BCUT2D eigenvalue weighted by molar-refractivity contribution is -0.385. The fraction of sp³-hybridized carbons (Fsp3) is 0.0714. The minimum atomic E-state index is -0.967. The molecule has 1 N–H and O–H groups in total. The van der Waals surface area contributed by atoms with E-state index in [0.29, 0.717) is 11.6 Å². The molecule has 0 spiro atoms. The lowest BCUT2D eigenvalue weighted by Crippen LogP contribution is -2.15. The highest BCUT2D eigenvalue weighted by molar-refractivity contribution is 6.04. The maximum absolute atomic E-state index is 13.7. The van der Waals surface area contributed by atoms with Crippen molar-refractivity contribution in [3.63, 3.8) is 0 Å². The van der Waals surface area contributed by atoms with E-state index < -0.39 is 28.2 Å². The molecule has 1 amide bonds. The van der Waals surface area contributed by atoms with Crippen molar-refractivity contribution in [1.82, 2.24) is 0 Å². The molecule has 5 nitrogen and oxygen atoms in total. The number of benzene rings is 2. The highest BCUT2D eigenvalue weighted by Gasteiger charge is 2.16. The third-order valence-electron chi connectivity index (χ3n) is 2.78. The summed E-state index contributed by atoms with van der Waals surface area (Å²) in [7, 11) is 0. The van der Waals surface area contributed by atoms with Crippen LogP contribution in [0.3, 0.4) is 0 Å². The van der Waals surface area contributed by atoms with Crippen molar-refractivity contribution in [2.24, 2.45) is 0 Å². The number of anilines is 1. The topological polar surface area (TPSA) is 72.2 Å². The molecule has 21 heavy (non-hydrogen) atoms. The van der Waals surface area contributed by atoms with Crippen LogP contribution in [0.2, 0.25) is 0 Å². The maximum atomic E-state index is 13.7. The number of hydrogen-bond donors (Lipinski definition) is 1. The number of nitro groups is 1. The fourth-order valence-corrected chi connectivity index (χ4v) is 1.72. The first-order valence-corrected chi connectivity index (χ1v) is 5.90. The monoisotopic (exact) mass is 292 g/mol. The van der Waals surface area contributed by atoms with Crippen LogP contribution in [0.25, 0.3) is 0 Å². The molecule has 0 atom stereocenters. The van der Waals surface area contributed by atoms with E-state index in [9.17, 15) is 23.7 Å². The van der Waals surface area contributed by atoms with Crippen LogP contribution in [0.1, 0.15) is 15.9 Å². The smallest absolute Gasteiger partial charge is 0.272 e. The van der Waals surface area contributed by atoms with Gasteiger partial charge in [-0.2, -0.15) is 0 Å². The van der Waals surface area contributed by atoms with Gasteiger partial charge in [-0.1, -0.05) is 11.6 Å². The molecular formula is C14H10F2N2O3. The van der Waals surface area contributed by atoms with Crippen molar-refractivity contribution in [3.8, 4) is 0 Å². The van der Waals surface area contributed by atoms with Gasteiger partial charge in [-0.15, -0.1) is 0 Å². The Morgan fingerprint density at radius 1 is 1.14 bits per heavy atom. The number of nitro benzene ring substituents is 1. The number of carbonyl (C=O) groups is 1. The molecule has 0 saturated heterocycles. The van der Waals surface area contributed by atoms with Gasteiger partial charge in [-0.05, 0) is 25.1 Å². The van der Waals surface area contributed by atoms with E-state index in [-0.39, 0.29) is 11.3 Å². The van der Waals surface area contributed by atoms with Crippen LogP contribution in [-0.2, 0) is 0 Å². The molecular weight excluding hydrogens is 282 g/mol. The van der Waals surface area contributed by atoms with Gasteiger partial charge in [0.2, 0.25) is 0 Å². The fourth-order valence-electron chi connectivity index (χ4n) is 1.72. The van der Waals surface area contributed by atoms with Crippen LogP contribution in [0.4, 0.5) is 20.2 Å². The zero-order valence-corrected chi connectivity index (χ0v) is 10.9. The van der Waals surface area contributed by atoms with Crippen molar-refractivity contribution in [1.29, 1.82) is 0 Å². The van der Waals surface area contributed by atoms with Crippen molar-refractivity contribution >= 4 is 17.3 Å². The summed E-state index contributed by atoms with van der Waals surface area (Å²) in [5.74, 6) is -2.53. The molecule has 0 saturated carbocycles. The number of aryl methyl sites for hydroxylation is 1. The molecule has 2 aromatic carbocycles. The van der Waals surface area contributed by atoms with E-state index >= 15 is 0 Å². The van der Waals surface area contributed by atoms with E-state index in [0.717, 1.165) is 18.2 Å². The van der Waals surface area contributed by atoms with Crippen molar-refractivity contribution in [2.75, 3.05) is 5.32 Å². The van der Waals surface area contributed by atoms with Gasteiger partial charge in [0.15, 0.2) is 5.82 Å². The van der Waals surface area contributed by atoms with E-state index in [4.69, 9.17) is 0 Å². The van der Waals surface area contributed by atoms with Crippen molar-refractivity contribution < 1.29 is 18.5 Å². The Bertz CT molecular complexity index is 732. The average Bonchev–Trinajstić information content (AvgIpc) is 2.43. The molecule has 0 radical (unpaired) electrons. The number of non-ortho nitro benzene ring substituents is 1. The minimum absolute atomic E-state index is 0.229. The second-order valence-electron chi connectivity index (χ2n) is 4.36. The number of nitrogens with zero attached hydrogens (tertiary/aromatic N) is 1. The quantitative estimate of drug-likeness (QED) is 0.695. The van der Waals surface area contributed by atoms with Gasteiger partial charge < -0.3 is 5.32 Å². The number of rotatable bonds is 3. The molecule has 2 aromatic rings. The second kappa shape index (κ2) is 5.66. The third-order valence-corrected chi connectivity index (χ3v) is 2.78. The summed E-state index contributed by atoms with van der Waals surface area (Å²) < 4.78 is 27.2. The van der Waals surface area contributed by atoms with E-state index in [1.807, 2.05) is 0 Å². The molecule has 108 valence electrons. The molecule has 0 unspecified atom stereocenters. The predicted octanol–water partition coefficient (Wildman–Crippen LogP) is 3.43. The summed E-state index contributed by atoms with van der Waals surface area (Å²) in [6.07, 6.45) is 0. The van der Waals surface area contributed by atoms with Crippen LogP contribution in [-0.4, -0.2) is 10.8 Å². The van der Waals surface area contributed by atoms with Gasteiger partial charge in [-0.3, -0.25) is 14.9 Å². The van der Waals surface area contributed by atoms with E-state index in [2.05, 4.69) is 5.32 Å². The standard InChI is InChI=1S/C14H10F2N2O3/c1-8-2-4-11(15)10(6-8)14(19)17-13-5-3-9(18(20)21)7-12(13)16/h2-7H,1H3,(H,17,19). The van der Waals surface area contributed by atoms with Crippen LogP contribution in [0.5, 0.6) is 0 Å². The van der Waals surface area contributed by atoms with Crippen LogP contribution >= 0.6 is 0 Å². The average molecular weight is 292 g/mol. The van der Waals surface area contributed by atoms with Crippen LogP contribution < -0.4 is 5.32 Å². The van der Waals surface area contributed by atoms with Crippen LogP contribution in [0.15, 0.2) is 36.4 Å². The third kappa shape index (κ3) is 3.19. The molecule has 2 rings (SSSR count). The van der Waals surface area contributed by atoms with Gasteiger partial charge >= 0.3 is 0 Å². The Hall–Kier alpha value is -2.83.